The largest absolute Gasteiger partial charge is 0.337 e. The molecular formula is C13H25N3O. The smallest absolute Gasteiger partial charge is 0.239 e. The van der Waals surface area contributed by atoms with Gasteiger partial charge in [0.05, 0.1) is 6.04 Å². The van der Waals surface area contributed by atoms with E-state index in [2.05, 4.69) is 11.9 Å². The molecule has 4 heteroatoms. The first kappa shape index (κ1) is 12.8. The number of carbonyl (C=O) groups excluding carboxylic acids is 1. The minimum Gasteiger partial charge on any atom is -0.337 e. The van der Waals surface area contributed by atoms with E-state index in [1.807, 2.05) is 4.90 Å². The molecule has 1 heterocycles. The fourth-order valence-electron chi connectivity index (χ4n) is 2.67. The zero-order valence-electron chi connectivity index (χ0n) is 11.1. The molecule has 1 amide bonds. The van der Waals surface area contributed by atoms with Crippen molar-refractivity contribution in [3.63, 3.8) is 0 Å². The molecule has 98 valence electrons. The Hall–Kier alpha value is -0.610. The van der Waals surface area contributed by atoms with Crippen molar-refractivity contribution < 1.29 is 4.79 Å². The Balaban J connectivity index is 1.94. The third-order valence-corrected chi connectivity index (χ3v) is 3.99. The molecule has 0 aromatic carbocycles. The first-order chi connectivity index (χ1) is 8.09. The number of hydrogen-bond acceptors (Lipinski definition) is 3. The predicted molar refractivity (Wildman–Crippen MR) is 68.7 cm³/mol. The zero-order valence-corrected chi connectivity index (χ0v) is 11.1. The average molecular weight is 239 g/mol. The monoisotopic (exact) mass is 239 g/mol. The average Bonchev–Trinajstić information content (AvgIpc) is 3.11. The molecule has 4 nitrogen and oxygen atoms in total. The molecule has 1 saturated heterocycles. The van der Waals surface area contributed by atoms with Crippen LogP contribution in [0.1, 0.15) is 39.0 Å². The van der Waals surface area contributed by atoms with E-state index in [4.69, 9.17) is 5.73 Å². The molecule has 2 aliphatic rings. The van der Waals surface area contributed by atoms with Gasteiger partial charge >= 0.3 is 0 Å². The van der Waals surface area contributed by atoms with Crippen LogP contribution in [0.2, 0.25) is 0 Å². The van der Waals surface area contributed by atoms with Gasteiger partial charge in [-0.05, 0) is 46.2 Å². The minimum absolute atomic E-state index is 0.131. The summed E-state index contributed by atoms with van der Waals surface area (Å²) in [4.78, 5) is 16.5. The molecule has 2 unspecified atom stereocenters. The Morgan fingerprint density at radius 2 is 2.12 bits per heavy atom. The highest BCUT2D eigenvalue weighted by Crippen LogP contribution is 2.29. The van der Waals surface area contributed by atoms with Crippen molar-refractivity contribution in [2.24, 2.45) is 5.73 Å². The fraction of sp³-hybridized carbons (Fsp3) is 0.923. The summed E-state index contributed by atoms with van der Waals surface area (Å²) >= 11 is 0. The number of rotatable bonds is 4. The van der Waals surface area contributed by atoms with E-state index >= 15 is 0 Å². The first-order valence-electron chi connectivity index (χ1n) is 6.86. The Morgan fingerprint density at radius 1 is 1.41 bits per heavy atom. The SMILES string of the molecule is CC(N)C(=O)N(CC1CCCCN1C)C1CC1. The van der Waals surface area contributed by atoms with Gasteiger partial charge in [-0.3, -0.25) is 4.79 Å². The van der Waals surface area contributed by atoms with E-state index < -0.39 is 0 Å². The van der Waals surface area contributed by atoms with Crippen molar-refractivity contribution in [1.29, 1.82) is 0 Å². The number of amides is 1. The number of carbonyl (C=O) groups is 1. The topological polar surface area (TPSA) is 49.6 Å². The Labute approximate surface area is 104 Å². The van der Waals surface area contributed by atoms with Crippen molar-refractivity contribution in [1.82, 2.24) is 9.80 Å². The maximum Gasteiger partial charge on any atom is 0.239 e. The number of nitrogens with zero attached hydrogens (tertiary/aromatic N) is 2. The molecular weight excluding hydrogens is 214 g/mol. The van der Waals surface area contributed by atoms with E-state index in [1.54, 1.807) is 6.92 Å². The van der Waals surface area contributed by atoms with Gasteiger partial charge < -0.3 is 15.5 Å². The quantitative estimate of drug-likeness (QED) is 0.790. The summed E-state index contributed by atoms with van der Waals surface area (Å²) < 4.78 is 0. The van der Waals surface area contributed by atoms with Gasteiger partial charge in [0.1, 0.15) is 0 Å². The van der Waals surface area contributed by atoms with Crippen LogP contribution in [0.15, 0.2) is 0 Å². The maximum atomic E-state index is 12.1. The lowest BCUT2D eigenvalue weighted by atomic mass is 10.0. The third-order valence-electron chi connectivity index (χ3n) is 3.99. The van der Waals surface area contributed by atoms with Gasteiger partial charge in [0.2, 0.25) is 5.91 Å². The molecule has 2 rings (SSSR count). The van der Waals surface area contributed by atoms with E-state index in [1.165, 1.54) is 19.3 Å². The number of nitrogens with two attached hydrogens (primary N) is 1. The van der Waals surface area contributed by atoms with E-state index in [0.717, 1.165) is 25.9 Å². The minimum atomic E-state index is -0.357. The van der Waals surface area contributed by atoms with Crippen molar-refractivity contribution in [2.75, 3.05) is 20.1 Å². The van der Waals surface area contributed by atoms with Gasteiger partial charge in [-0.1, -0.05) is 6.42 Å². The summed E-state index contributed by atoms with van der Waals surface area (Å²) in [6, 6.07) is 0.653. The van der Waals surface area contributed by atoms with Gasteiger partial charge in [-0.25, -0.2) is 0 Å². The summed E-state index contributed by atoms with van der Waals surface area (Å²) in [5.41, 5.74) is 5.74. The maximum absolute atomic E-state index is 12.1. The van der Waals surface area contributed by atoms with Gasteiger partial charge in [-0.15, -0.1) is 0 Å². The highest BCUT2D eigenvalue weighted by atomic mass is 16.2. The number of piperidine rings is 1. The van der Waals surface area contributed by atoms with Crippen molar-refractivity contribution in [3.05, 3.63) is 0 Å². The van der Waals surface area contributed by atoms with Crippen LogP contribution in [0.25, 0.3) is 0 Å². The highest BCUT2D eigenvalue weighted by molar-refractivity contribution is 5.81. The fourth-order valence-corrected chi connectivity index (χ4v) is 2.67. The molecule has 2 fully saturated rings. The Bertz CT molecular complexity index is 276. The van der Waals surface area contributed by atoms with E-state index in [-0.39, 0.29) is 11.9 Å². The van der Waals surface area contributed by atoms with Crippen LogP contribution >= 0.6 is 0 Å². The second kappa shape index (κ2) is 5.36. The lowest BCUT2D eigenvalue weighted by Gasteiger charge is -2.37. The third kappa shape index (κ3) is 3.19. The second-order valence-corrected chi connectivity index (χ2v) is 5.64. The van der Waals surface area contributed by atoms with Crippen LogP contribution in [-0.2, 0) is 4.79 Å². The Morgan fingerprint density at radius 3 is 2.65 bits per heavy atom. The number of likely N-dealkylation sites (N-methyl/N-ethyl adjacent to an activating group) is 1. The van der Waals surface area contributed by atoms with Crippen LogP contribution in [0.5, 0.6) is 0 Å². The highest BCUT2D eigenvalue weighted by Gasteiger charge is 2.36. The number of likely N-dealkylation sites (tertiary alicyclic amines) is 1. The van der Waals surface area contributed by atoms with Crippen molar-refractivity contribution in [2.45, 2.75) is 57.2 Å². The summed E-state index contributed by atoms with van der Waals surface area (Å²) in [5.74, 6) is 0.131. The van der Waals surface area contributed by atoms with Gasteiger partial charge in [0.25, 0.3) is 0 Å². The normalized spacial score (nSPS) is 27.8. The molecule has 17 heavy (non-hydrogen) atoms. The molecule has 1 aliphatic heterocycles. The van der Waals surface area contributed by atoms with Crippen LogP contribution in [0, 0.1) is 0 Å². The first-order valence-corrected chi connectivity index (χ1v) is 6.86. The summed E-state index contributed by atoms with van der Waals surface area (Å²) in [7, 11) is 2.17. The molecule has 2 N–H and O–H groups in total. The lowest BCUT2D eigenvalue weighted by molar-refractivity contribution is -0.133. The second-order valence-electron chi connectivity index (χ2n) is 5.64. The van der Waals surface area contributed by atoms with Crippen LogP contribution in [0.4, 0.5) is 0 Å². The predicted octanol–water partition coefficient (Wildman–Crippen LogP) is 0.809. The standard InChI is InChI=1S/C13H25N3O/c1-10(14)13(17)16(11-6-7-11)9-12-5-3-4-8-15(12)2/h10-12H,3-9,14H2,1-2H3. The summed E-state index contributed by atoms with van der Waals surface area (Å²) in [6.45, 7) is 3.83. The molecule has 0 aromatic rings. The van der Waals surface area contributed by atoms with E-state index in [9.17, 15) is 4.79 Å². The van der Waals surface area contributed by atoms with E-state index in [0.29, 0.717) is 12.1 Å². The molecule has 0 radical (unpaired) electrons. The van der Waals surface area contributed by atoms with Crippen LogP contribution < -0.4 is 5.73 Å². The molecule has 2 atom stereocenters. The molecule has 0 spiro atoms. The zero-order chi connectivity index (χ0) is 12.4. The van der Waals surface area contributed by atoms with Gasteiger partial charge in [0.15, 0.2) is 0 Å². The molecule has 0 aromatic heterocycles. The molecule has 1 saturated carbocycles. The van der Waals surface area contributed by atoms with Crippen LogP contribution in [-0.4, -0.2) is 54.0 Å². The molecule has 1 aliphatic carbocycles. The van der Waals surface area contributed by atoms with Crippen molar-refractivity contribution >= 4 is 5.91 Å². The number of hydrogen-bond donors (Lipinski definition) is 1. The van der Waals surface area contributed by atoms with Crippen molar-refractivity contribution in [3.8, 4) is 0 Å². The van der Waals surface area contributed by atoms with Gasteiger partial charge in [0, 0.05) is 18.6 Å². The Kier molecular flexibility index (Phi) is 4.05. The summed E-state index contributed by atoms with van der Waals surface area (Å²) in [5, 5.41) is 0. The summed E-state index contributed by atoms with van der Waals surface area (Å²) in [6.07, 6.45) is 6.12. The van der Waals surface area contributed by atoms with Crippen LogP contribution in [0.3, 0.4) is 0 Å². The molecule has 0 bridgehead atoms. The van der Waals surface area contributed by atoms with Gasteiger partial charge in [-0.2, -0.15) is 0 Å². The lowest BCUT2D eigenvalue weighted by Crippen LogP contribution is -2.51.